The molecule has 102 valence electrons. The number of aliphatic hydroxyl groups excluding tert-OH is 1. The summed E-state index contributed by atoms with van der Waals surface area (Å²) in [4.78, 5) is 11.2. The molecule has 7 nitrogen and oxygen atoms in total. The second-order valence-corrected chi connectivity index (χ2v) is 6.02. The van der Waals surface area contributed by atoms with E-state index in [2.05, 4.69) is 46.1 Å². The molecule has 0 unspecified atom stereocenters. The molecule has 0 radical (unpaired) electrons. The summed E-state index contributed by atoms with van der Waals surface area (Å²) in [7, 11) is 0. The number of hydrogen-bond donors (Lipinski definition) is 2. The highest BCUT2D eigenvalue weighted by atomic mass is 16.3. The van der Waals surface area contributed by atoms with Crippen LogP contribution in [-0.2, 0) is 5.41 Å². The number of nitrogens with one attached hydrogen (secondary N) is 1. The van der Waals surface area contributed by atoms with Crippen LogP contribution in [0.3, 0.4) is 0 Å². The first-order valence-corrected chi connectivity index (χ1v) is 6.47. The fourth-order valence-electron chi connectivity index (χ4n) is 2.23. The minimum absolute atomic E-state index is 0.146. The molecule has 0 spiro atoms. The van der Waals surface area contributed by atoms with E-state index in [0.717, 1.165) is 24.6 Å². The number of rotatable bonds is 1. The highest BCUT2D eigenvalue weighted by molar-refractivity contribution is 5.82. The zero-order chi connectivity index (χ0) is 13.6. The lowest BCUT2D eigenvalue weighted by Crippen LogP contribution is -2.25. The molecule has 0 bridgehead atoms. The van der Waals surface area contributed by atoms with Crippen molar-refractivity contribution < 1.29 is 5.11 Å². The third kappa shape index (κ3) is 2.14. The van der Waals surface area contributed by atoms with E-state index < -0.39 is 0 Å². The van der Waals surface area contributed by atoms with Gasteiger partial charge in [0.2, 0.25) is 0 Å². The SMILES string of the molecule is CC(C)(C)c1nc(N2CC[C@@H](O)C2)c2nn[nH]c2n1. The van der Waals surface area contributed by atoms with Crippen LogP contribution in [0.25, 0.3) is 11.2 Å². The van der Waals surface area contributed by atoms with Gasteiger partial charge in [0, 0.05) is 18.5 Å². The van der Waals surface area contributed by atoms with Crippen LogP contribution in [-0.4, -0.2) is 49.7 Å². The minimum Gasteiger partial charge on any atom is -0.391 e. The topological polar surface area (TPSA) is 90.8 Å². The van der Waals surface area contributed by atoms with Gasteiger partial charge in [-0.3, -0.25) is 0 Å². The van der Waals surface area contributed by atoms with Crippen molar-refractivity contribution in [3.8, 4) is 0 Å². The number of fused-ring (bicyclic) bond motifs is 1. The van der Waals surface area contributed by atoms with E-state index in [1.807, 2.05) is 4.90 Å². The Hall–Kier alpha value is -1.76. The summed E-state index contributed by atoms with van der Waals surface area (Å²) in [6.45, 7) is 7.58. The van der Waals surface area contributed by atoms with Crippen LogP contribution in [0, 0.1) is 0 Å². The third-order valence-corrected chi connectivity index (χ3v) is 3.31. The van der Waals surface area contributed by atoms with E-state index in [1.54, 1.807) is 0 Å². The maximum absolute atomic E-state index is 9.68. The Morgan fingerprint density at radius 2 is 2.11 bits per heavy atom. The number of aliphatic hydroxyl groups is 1. The maximum atomic E-state index is 9.68. The van der Waals surface area contributed by atoms with Crippen molar-refractivity contribution in [2.75, 3.05) is 18.0 Å². The first-order valence-electron chi connectivity index (χ1n) is 6.47. The molecular weight excluding hydrogens is 244 g/mol. The average Bonchev–Trinajstić information content (AvgIpc) is 2.94. The lowest BCUT2D eigenvalue weighted by molar-refractivity contribution is 0.198. The first kappa shape index (κ1) is 12.3. The van der Waals surface area contributed by atoms with E-state index in [9.17, 15) is 5.11 Å². The van der Waals surface area contributed by atoms with Crippen molar-refractivity contribution in [3.63, 3.8) is 0 Å². The normalized spacial score (nSPS) is 20.4. The second kappa shape index (κ2) is 4.12. The van der Waals surface area contributed by atoms with Crippen LogP contribution in [0.15, 0.2) is 0 Å². The second-order valence-electron chi connectivity index (χ2n) is 6.02. The Bertz CT molecular complexity index is 602. The number of H-pyrrole nitrogens is 1. The summed E-state index contributed by atoms with van der Waals surface area (Å²) in [5.41, 5.74) is 1.17. The number of hydrogen-bond acceptors (Lipinski definition) is 6. The van der Waals surface area contributed by atoms with Crippen LogP contribution < -0.4 is 4.90 Å². The molecule has 19 heavy (non-hydrogen) atoms. The summed E-state index contributed by atoms with van der Waals surface area (Å²) in [5, 5.41) is 20.4. The molecule has 1 aliphatic heterocycles. The van der Waals surface area contributed by atoms with Gasteiger partial charge in [-0.25, -0.2) is 15.1 Å². The first-order chi connectivity index (χ1) is 8.95. The van der Waals surface area contributed by atoms with Crippen molar-refractivity contribution >= 4 is 17.0 Å². The predicted octanol–water partition coefficient (Wildman–Crippen LogP) is 0.616. The Morgan fingerprint density at radius 1 is 1.32 bits per heavy atom. The molecule has 0 aromatic carbocycles. The molecular formula is C12H18N6O. The third-order valence-electron chi connectivity index (χ3n) is 3.31. The Kier molecular flexibility index (Phi) is 2.67. The monoisotopic (exact) mass is 262 g/mol. The van der Waals surface area contributed by atoms with Crippen molar-refractivity contribution in [2.24, 2.45) is 0 Å². The summed E-state index contributed by atoms with van der Waals surface area (Å²) in [6.07, 6.45) is 0.462. The van der Waals surface area contributed by atoms with Crippen LogP contribution in [0.2, 0.25) is 0 Å². The Balaban J connectivity index is 2.13. The molecule has 0 saturated carbocycles. The van der Waals surface area contributed by atoms with Crippen LogP contribution >= 0.6 is 0 Å². The summed E-state index contributed by atoms with van der Waals surface area (Å²) in [5.74, 6) is 1.52. The van der Waals surface area contributed by atoms with Crippen molar-refractivity contribution in [1.29, 1.82) is 0 Å². The van der Waals surface area contributed by atoms with Gasteiger partial charge in [-0.05, 0) is 6.42 Å². The zero-order valence-corrected chi connectivity index (χ0v) is 11.4. The molecule has 0 amide bonds. The smallest absolute Gasteiger partial charge is 0.181 e. The van der Waals surface area contributed by atoms with Gasteiger partial charge in [0.15, 0.2) is 17.0 Å². The van der Waals surface area contributed by atoms with Crippen LogP contribution in [0.1, 0.15) is 33.0 Å². The molecule has 3 heterocycles. The van der Waals surface area contributed by atoms with E-state index in [4.69, 9.17) is 0 Å². The van der Waals surface area contributed by atoms with Gasteiger partial charge in [-0.15, -0.1) is 5.10 Å². The van der Waals surface area contributed by atoms with Gasteiger partial charge in [-0.1, -0.05) is 26.0 Å². The summed E-state index contributed by atoms with van der Waals surface area (Å²) in [6, 6.07) is 0. The van der Waals surface area contributed by atoms with Crippen molar-refractivity contribution in [1.82, 2.24) is 25.4 Å². The van der Waals surface area contributed by atoms with Gasteiger partial charge >= 0.3 is 0 Å². The number of nitrogens with zero attached hydrogens (tertiary/aromatic N) is 5. The molecule has 1 aliphatic rings. The van der Waals surface area contributed by atoms with Crippen LogP contribution in [0.5, 0.6) is 0 Å². The number of aromatic nitrogens is 5. The van der Waals surface area contributed by atoms with E-state index >= 15 is 0 Å². The van der Waals surface area contributed by atoms with Gasteiger partial charge in [0.25, 0.3) is 0 Å². The van der Waals surface area contributed by atoms with Crippen molar-refractivity contribution in [3.05, 3.63) is 5.82 Å². The highest BCUT2D eigenvalue weighted by Gasteiger charge is 2.27. The summed E-state index contributed by atoms with van der Waals surface area (Å²) >= 11 is 0. The lowest BCUT2D eigenvalue weighted by atomic mass is 9.96. The maximum Gasteiger partial charge on any atom is 0.181 e. The molecule has 2 aromatic rings. The van der Waals surface area contributed by atoms with E-state index in [1.165, 1.54) is 0 Å². The lowest BCUT2D eigenvalue weighted by Gasteiger charge is -2.21. The van der Waals surface area contributed by atoms with Gasteiger partial charge < -0.3 is 10.0 Å². The zero-order valence-electron chi connectivity index (χ0n) is 11.4. The fraction of sp³-hybridized carbons (Fsp3) is 0.667. The van der Waals surface area contributed by atoms with E-state index in [-0.39, 0.29) is 11.5 Å². The van der Waals surface area contributed by atoms with E-state index in [0.29, 0.717) is 17.7 Å². The molecule has 7 heteroatoms. The van der Waals surface area contributed by atoms with Crippen molar-refractivity contribution in [2.45, 2.75) is 38.7 Å². The molecule has 2 N–H and O–H groups in total. The summed E-state index contributed by atoms with van der Waals surface area (Å²) < 4.78 is 0. The standard InChI is InChI=1S/C12H18N6O/c1-12(2,3)11-13-9-8(15-17-16-9)10(14-11)18-5-4-7(19)6-18/h7,19H,4-6H2,1-3H3,(H,13,14,15,16,17)/t7-/m1/s1. The Morgan fingerprint density at radius 3 is 2.74 bits per heavy atom. The predicted molar refractivity (Wildman–Crippen MR) is 71.0 cm³/mol. The van der Waals surface area contributed by atoms with Gasteiger partial charge in [0.1, 0.15) is 5.82 Å². The largest absolute Gasteiger partial charge is 0.391 e. The molecule has 1 saturated heterocycles. The molecule has 3 rings (SSSR count). The van der Waals surface area contributed by atoms with Gasteiger partial charge in [0.05, 0.1) is 6.10 Å². The number of anilines is 1. The van der Waals surface area contributed by atoms with Crippen LogP contribution in [0.4, 0.5) is 5.82 Å². The fourth-order valence-corrected chi connectivity index (χ4v) is 2.23. The minimum atomic E-state index is -0.296. The average molecular weight is 262 g/mol. The quantitative estimate of drug-likeness (QED) is 0.782. The highest BCUT2D eigenvalue weighted by Crippen LogP contribution is 2.28. The number of aromatic amines is 1. The molecule has 1 atom stereocenters. The number of β-amino-alcohol motifs (C(OH)–C–C–N with tert-alkyl or cyclic N) is 1. The Labute approximate surface area is 111 Å². The molecule has 2 aromatic heterocycles. The van der Waals surface area contributed by atoms with Gasteiger partial charge in [-0.2, -0.15) is 0 Å². The molecule has 1 fully saturated rings. The molecule has 0 aliphatic carbocycles.